The van der Waals surface area contributed by atoms with Gasteiger partial charge in [0.1, 0.15) is 5.52 Å². The summed E-state index contributed by atoms with van der Waals surface area (Å²) in [6, 6.07) is 15.3. The Morgan fingerprint density at radius 3 is 2.54 bits per heavy atom. The second-order valence-electron chi connectivity index (χ2n) is 5.28. The molecule has 3 rings (SSSR count). The van der Waals surface area contributed by atoms with Crippen molar-refractivity contribution >= 4 is 22.8 Å². The standard InChI is InChI=1S/C18H17N3O3/c1-2-24-18(23)16(12-17(22)13-8-4-3-5-9-13)21-15-11-7-6-10-14(15)19-20-21/h3-11,16H,2,12H2,1H3. The molecular formula is C18H17N3O3. The van der Waals surface area contributed by atoms with E-state index in [4.69, 9.17) is 4.74 Å². The van der Waals surface area contributed by atoms with E-state index in [0.29, 0.717) is 16.6 Å². The van der Waals surface area contributed by atoms with E-state index in [2.05, 4.69) is 10.3 Å². The molecule has 0 spiro atoms. The van der Waals surface area contributed by atoms with Crippen LogP contribution < -0.4 is 0 Å². The number of carbonyl (C=O) groups excluding carboxylic acids is 2. The smallest absolute Gasteiger partial charge is 0.331 e. The first-order valence-corrected chi connectivity index (χ1v) is 7.75. The van der Waals surface area contributed by atoms with Gasteiger partial charge in [0, 0.05) is 12.0 Å². The summed E-state index contributed by atoms with van der Waals surface area (Å²) >= 11 is 0. The maximum atomic E-state index is 12.5. The highest BCUT2D eigenvalue weighted by Gasteiger charge is 2.28. The molecular weight excluding hydrogens is 306 g/mol. The first-order chi connectivity index (χ1) is 11.7. The van der Waals surface area contributed by atoms with Crippen molar-refractivity contribution in [3.05, 3.63) is 60.2 Å². The number of benzene rings is 2. The van der Waals surface area contributed by atoms with Gasteiger partial charge in [0.2, 0.25) is 0 Å². The predicted molar refractivity (Wildman–Crippen MR) is 88.6 cm³/mol. The fraction of sp³-hybridized carbons (Fsp3) is 0.222. The van der Waals surface area contributed by atoms with Crippen LogP contribution in [-0.2, 0) is 9.53 Å². The molecule has 0 N–H and O–H groups in total. The van der Waals surface area contributed by atoms with Gasteiger partial charge in [0.05, 0.1) is 12.1 Å². The average molecular weight is 323 g/mol. The predicted octanol–water partition coefficient (Wildman–Crippen LogP) is 2.81. The van der Waals surface area contributed by atoms with Crippen LogP contribution >= 0.6 is 0 Å². The number of aromatic nitrogens is 3. The topological polar surface area (TPSA) is 74.1 Å². The van der Waals surface area contributed by atoms with Crippen LogP contribution in [-0.4, -0.2) is 33.4 Å². The zero-order valence-corrected chi connectivity index (χ0v) is 13.3. The summed E-state index contributed by atoms with van der Waals surface area (Å²) in [6.45, 7) is 1.97. The lowest BCUT2D eigenvalue weighted by Gasteiger charge is -2.15. The molecule has 0 saturated carbocycles. The van der Waals surface area contributed by atoms with E-state index in [1.807, 2.05) is 24.3 Å². The minimum absolute atomic E-state index is 0.0315. The van der Waals surface area contributed by atoms with E-state index in [1.165, 1.54) is 4.68 Å². The van der Waals surface area contributed by atoms with Crippen LogP contribution in [0.25, 0.3) is 11.0 Å². The van der Waals surface area contributed by atoms with Crippen LogP contribution in [0, 0.1) is 0 Å². The Balaban J connectivity index is 1.95. The van der Waals surface area contributed by atoms with Gasteiger partial charge >= 0.3 is 5.97 Å². The van der Waals surface area contributed by atoms with Gasteiger partial charge in [-0.05, 0) is 19.1 Å². The summed E-state index contributed by atoms with van der Waals surface area (Å²) in [5.41, 5.74) is 1.91. The van der Waals surface area contributed by atoms with Crippen LogP contribution in [0.3, 0.4) is 0 Å². The molecule has 122 valence electrons. The molecule has 0 radical (unpaired) electrons. The highest BCUT2D eigenvalue weighted by atomic mass is 16.5. The lowest BCUT2D eigenvalue weighted by Crippen LogP contribution is -2.25. The summed E-state index contributed by atoms with van der Waals surface area (Å²) < 4.78 is 6.60. The van der Waals surface area contributed by atoms with Crippen molar-refractivity contribution in [1.29, 1.82) is 0 Å². The molecule has 0 bridgehead atoms. The van der Waals surface area contributed by atoms with Crippen LogP contribution in [0.5, 0.6) is 0 Å². The fourth-order valence-corrected chi connectivity index (χ4v) is 2.54. The number of para-hydroxylation sites is 1. The number of hydrogen-bond donors (Lipinski definition) is 0. The van der Waals surface area contributed by atoms with Crippen molar-refractivity contribution in [2.75, 3.05) is 6.61 Å². The number of esters is 1. The Kier molecular flexibility index (Phi) is 4.65. The number of ketones is 1. The highest BCUT2D eigenvalue weighted by molar-refractivity contribution is 5.98. The van der Waals surface area contributed by atoms with E-state index in [9.17, 15) is 9.59 Å². The minimum atomic E-state index is -0.843. The van der Waals surface area contributed by atoms with E-state index < -0.39 is 12.0 Å². The molecule has 0 amide bonds. The summed E-state index contributed by atoms with van der Waals surface area (Å²) in [5.74, 6) is -0.634. The van der Waals surface area contributed by atoms with E-state index in [-0.39, 0.29) is 18.8 Å². The molecule has 24 heavy (non-hydrogen) atoms. The van der Waals surface area contributed by atoms with Gasteiger partial charge in [-0.15, -0.1) is 5.10 Å². The van der Waals surface area contributed by atoms with Gasteiger partial charge in [-0.2, -0.15) is 0 Å². The Bertz CT molecular complexity index is 858. The monoisotopic (exact) mass is 323 g/mol. The van der Waals surface area contributed by atoms with Gasteiger partial charge in [-0.3, -0.25) is 4.79 Å². The minimum Gasteiger partial charge on any atom is -0.464 e. The van der Waals surface area contributed by atoms with Gasteiger partial charge in [0.25, 0.3) is 0 Å². The fourth-order valence-electron chi connectivity index (χ4n) is 2.54. The molecule has 0 aliphatic carbocycles. The van der Waals surface area contributed by atoms with Crippen molar-refractivity contribution in [3.63, 3.8) is 0 Å². The Morgan fingerprint density at radius 2 is 1.79 bits per heavy atom. The van der Waals surface area contributed by atoms with Gasteiger partial charge in [-0.25, -0.2) is 9.48 Å². The van der Waals surface area contributed by atoms with Crippen LogP contribution in [0.1, 0.15) is 29.7 Å². The third-order valence-electron chi connectivity index (χ3n) is 3.71. The molecule has 0 aliphatic heterocycles. The van der Waals surface area contributed by atoms with Crippen LogP contribution in [0.15, 0.2) is 54.6 Å². The van der Waals surface area contributed by atoms with Gasteiger partial charge in [-0.1, -0.05) is 47.7 Å². The van der Waals surface area contributed by atoms with Crippen LogP contribution in [0.2, 0.25) is 0 Å². The Morgan fingerprint density at radius 1 is 1.08 bits per heavy atom. The molecule has 0 fully saturated rings. The molecule has 1 unspecified atom stereocenters. The van der Waals surface area contributed by atoms with E-state index in [1.54, 1.807) is 37.3 Å². The largest absolute Gasteiger partial charge is 0.464 e. The number of nitrogens with zero attached hydrogens (tertiary/aromatic N) is 3. The summed E-state index contributed by atoms with van der Waals surface area (Å²) in [6.07, 6.45) is -0.0315. The quantitative estimate of drug-likeness (QED) is 0.515. The maximum Gasteiger partial charge on any atom is 0.331 e. The van der Waals surface area contributed by atoms with E-state index >= 15 is 0 Å². The Hall–Kier alpha value is -3.02. The molecule has 6 heteroatoms. The number of carbonyl (C=O) groups is 2. The van der Waals surface area contributed by atoms with Crippen molar-refractivity contribution in [2.24, 2.45) is 0 Å². The number of rotatable bonds is 6. The SMILES string of the molecule is CCOC(=O)C(CC(=O)c1ccccc1)n1nnc2ccccc21. The first kappa shape index (κ1) is 15.9. The van der Waals surface area contributed by atoms with E-state index in [0.717, 1.165) is 0 Å². The van der Waals surface area contributed by atoms with Crippen molar-refractivity contribution in [3.8, 4) is 0 Å². The highest BCUT2D eigenvalue weighted by Crippen LogP contribution is 2.21. The third-order valence-corrected chi connectivity index (χ3v) is 3.71. The summed E-state index contributed by atoms with van der Waals surface area (Å²) in [5, 5.41) is 8.12. The lowest BCUT2D eigenvalue weighted by molar-refractivity contribution is -0.147. The summed E-state index contributed by atoms with van der Waals surface area (Å²) in [4.78, 5) is 24.9. The number of fused-ring (bicyclic) bond motifs is 1. The van der Waals surface area contributed by atoms with Crippen molar-refractivity contribution in [1.82, 2.24) is 15.0 Å². The zero-order valence-electron chi connectivity index (χ0n) is 13.3. The molecule has 2 aromatic carbocycles. The second-order valence-corrected chi connectivity index (χ2v) is 5.28. The molecule has 1 aromatic heterocycles. The number of Topliss-reactive ketones (excluding diaryl/α,β-unsaturated/α-hetero) is 1. The van der Waals surface area contributed by atoms with Crippen molar-refractivity contribution in [2.45, 2.75) is 19.4 Å². The zero-order chi connectivity index (χ0) is 16.9. The molecule has 1 heterocycles. The molecule has 0 aliphatic rings. The van der Waals surface area contributed by atoms with Crippen LogP contribution in [0.4, 0.5) is 0 Å². The molecule has 1 atom stereocenters. The number of ether oxygens (including phenoxy) is 1. The Labute approximate surface area is 139 Å². The second kappa shape index (κ2) is 7.04. The average Bonchev–Trinajstić information content (AvgIpc) is 3.04. The normalized spacial score (nSPS) is 12.0. The first-order valence-electron chi connectivity index (χ1n) is 7.75. The molecule has 0 saturated heterocycles. The molecule has 3 aromatic rings. The number of hydrogen-bond acceptors (Lipinski definition) is 5. The summed E-state index contributed by atoms with van der Waals surface area (Å²) in [7, 11) is 0. The van der Waals surface area contributed by atoms with Crippen molar-refractivity contribution < 1.29 is 14.3 Å². The van der Waals surface area contributed by atoms with Gasteiger partial charge < -0.3 is 4.74 Å². The lowest BCUT2D eigenvalue weighted by atomic mass is 10.0. The molecule has 6 nitrogen and oxygen atoms in total. The van der Waals surface area contributed by atoms with Gasteiger partial charge in [0.15, 0.2) is 11.8 Å². The third kappa shape index (κ3) is 3.17. The maximum absolute atomic E-state index is 12.5.